The monoisotopic (exact) mass is 509 g/mol. The summed E-state index contributed by atoms with van der Waals surface area (Å²) < 4.78 is 39.9. The van der Waals surface area contributed by atoms with Crippen molar-refractivity contribution in [2.75, 3.05) is 23.4 Å². The molecule has 160 valence electrons. The molecule has 0 saturated carbocycles. The van der Waals surface area contributed by atoms with Crippen molar-refractivity contribution in [2.24, 2.45) is 0 Å². The number of carbonyl (C=O) groups is 1. The molecule has 1 aliphatic heterocycles. The average molecular weight is 510 g/mol. The topological polar surface area (TPSA) is 65.1 Å². The highest BCUT2D eigenvalue weighted by Crippen LogP contribution is 2.41. The molecule has 3 heterocycles. The summed E-state index contributed by atoms with van der Waals surface area (Å²) in [5.74, 6) is 0.246. The van der Waals surface area contributed by atoms with Crippen molar-refractivity contribution in [1.82, 2.24) is 15.2 Å². The molecule has 31 heavy (non-hydrogen) atoms. The van der Waals surface area contributed by atoms with Crippen LogP contribution >= 0.6 is 27.3 Å². The molecule has 0 unspecified atom stereocenters. The first-order valence-corrected chi connectivity index (χ1v) is 10.6. The molecule has 0 fully saturated rings. The zero-order valence-electron chi connectivity index (χ0n) is 16.1. The van der Waals surface area contributed by atoms with Crippen LogP contribution in [0.4, 0.5) is 23.9 Å². The average Bonchev–Trinajstić information content (AvgIpc) is 3.37. The Morgan fingerprint density at radius 3 is 2.81 bits per heavy atom. The summed E-state index contributed by atoms with van der Waals surface area (Å²) in [5, 5.41) is 10.3. The highest BCUT2D eigenvalue weighted by Gasteiger charge is 2.32. The van der Waals surface area contributed by atoms with Gasteiger partial charge in [-0.15, -0.1) is 21.5 Å². The molecule has 1 N–H and O–H groups in total. The second-order valence-electron chi connectivity index (χ2n) is 6.74. The van der Waals surface area contributed by atoms with Gasteiger partial charge in [0.05, 0.1) is 11.1 Å². The van der Waals surface area contributed by atoms with Crippen molar-refractivity contribution >= 4 is 49.9 Å². The maximum atomic E-state index is 13.1. The van der Waals surface area contributed by atoms with Gasteiger partial charge in [-0.2, -0.15) is 13.2 Å². The SMILES string of the molecule is C=C1C=Cc2cc(C(F)(F)F)ccc2N1CC(=O)N(C)c1scc(Br)c1-c1nnc[nH]1. The standard InChI is InChI=1S/C20H15BrF3N5OS/c1-11-3-4-12-7-13(20(22,23)24)5-6-15(12)29(11)8-16(30)28(2)19-17(14(21)9-31-19)18-25-10-26-27-18/h3-7,9-10H,1,8H2,2H3,(H,25,26,27). The van der Waals surface area contributed by atoms with Crippen molar-refractivity contribution in [3.05, 3.63) is 63.9 Å². The Labute approximate surface area is 187 Å². The number of aromatic amines is 1. The Morgan fingerprint density at radius 1 is 1.35 bits per heavy atom. The van der Waals surface area contributed by atoms with E-state index in [9.17, 15) is 18.0 Å². The van der Waals surface area contributed by atoms with Crippen LogP contribution in [-0.2, 0) is 11.0 Å². The van der Waals surface area contributed by atoms with E-state index in [-0.39, 0.29) is 12.5 Å². The van der Waals surface area contributed by atoms with Crippen molar-refractivity contribution in [1.29, 1.82) is 0 Å². The van der Waals surface area contributed by atoms with Crippen LogP contribution in [0.25, 0.3) is 17.5 Å². The van der Waals surface area contributed by atoms with Gasteiger partial charge in [-0.1, -0.05) is 12.7 Å². The second-order valence-corrected chi connectivity index (χ2v) is 8.45. The van der Waals surface area contributed by atoms with Gasteiger partial charge in [0.15, 0.2) is 5.82 Å². The third-order valence-electron chi connectivity index (χ3n) is 4.80. The lowest BCUT2D eigenvalue weighted by molar-refractivity contribution is -0.137. The molecule has 0 atom stereocenters. The Morgan fingerprint density at radius 2 is 2.13 bits per heavy atom. The number of likely N-dealkylation sites (N-methyl/N-ethyl adjacent to an activating group) is 1. The lowest BCUT2D eigenvalue weighted by Crippen LogP contribution is -2.38. The Bertz CT molecular complexity index is 1190. The van der Waals surface area contributed by atoms with Gasteiger partial charge in [-0.05, 0) is 45.8 Å². The lowest BCUT2D eigenvalue weighted by atomic mass is 10.0. The minimum atomic E-state index is -4.44. The molecule has 3 aromatic rings. The van der Waals surface area contributed by atoms with Gasteiger partial charge in [0.1, 0.15) is 17.9 Å². The fourth-order valence-electron chi connectivity index (χ4n) is 3.20. The predicted octanol–water partition coefficient (Wildman–Crippen LogP) is 5.32. The zero-order valence-corrected chi connectivity index (χ0v) is 18.5. The van der Waals surface area contributed by atoms with Crippen LogP contribution in [0.1, 0.15) is 11.1 Å². The van der Waals surface area contributed by atoms with Gasteiger partial charge in [0.25, 0.3) is 0 Å². The van der Waals surface area contributed by atoms with Crippen LogP contribution in [-0.4, -0.2) is 34.7 Å². The Kier molecular flexibility index (Phi) is 5.48. The molecule has 0 aliphatic carbocycles. The molecule has 2 aromatic heterocycles. The summed E-state index contributed by atoms with van der Waals surface area (Å²) in [6.45, 7) is 3.84. The molecule has 11 heteroatoms. The third-order valence-corrected chi connectivity index (χ3v) is 6.78. The second kappa shape index (κ2) is 7.97. The lowest BCUT2D eigenvalue weighted by Gasteiger charge is -2.31. The number of allylic oxidation sites excluding steroid dienone is 1. The number of rotatable bonds is 4. The number of anilines is 2. The van der Waals surface area contributed by atoms with Crippen LogP contribution in [0.5, 0.6) is 0 Å². The van der Waals surface area contributed by atoms with Crippen molar-refractivity contribution in [3.8, 4) is 11.4 Å². The first-order valence-electron chi connectivity index (χ1n) is 8.92. The van der Waals surface area contributed by atoms with Crippen molar-refractivity contribution < 1.29 is 18.0 Å². The number of aromatic nitrogens is 3. The number of benzene rings is 1. The van der Waals surface area contributed by atoms with Crippen LogP contribution in [0.15, 0.2) is 52.7 Å². The highest BCUT2D eigenvalue weighted by atomic mass is 79.9. The molecule has 1 amide bonds. The van der Waals surface area contributed by atoms with Gasteiger partial charge in [-0.3, -0.25) is 4.79 Å². The maximum Gasteiger partial charge on any atom is 0.416 e. The van der Waals surface area contributed by atoms with Gasteiger partial charge >= 0.3 is 6.18 Å². The van der Waals surface area contributed by atoms with Crippen LogP contribution in [0, 0.1) is 0 Å². The van der Waals surface area contributed by atoms with E-state index in [2.05, 4.69) is 37.7 Å². The number of fused-ring (bicyclic) bond motifs is 1. The highest BCUT2D eigenvalue weighted by molar-refractivity contribution is 9.10. The summed E-state index contributed by atoms with van der Waals surface area (Å²) in [7, 11) is 1.64. The van der Waals surface area contributed by atoms with E-state index in [1.807, 2.05) is 5.38 Å². The van der Waals surface area contributed by atoms with E-state index in [0.29, 0.717) is 33.3 Å². The predicted molar refractivity (Wildman–Crippen MR) is 118 cm³/mol. The molecular weight excluding hydrogens is 495 g/mol. The molecule has 0 spiro atoms. The van der Waals surface area contributed by atoms with E-state index in [1.165, 1.54) is 28.6 Å². The fourth-order valence-corrected chi connectivity index (χ4v) is 4.90. The van der Waals surface area contributed by atoms with Gasteiger partial charge in [0, 0.05) is 28.3 Å². The number of H-pyrrole nitrogens is 1. The summed E-state index contributed by atoms with van der Waals surface area (Å²) in [4.78, 5) is 19.1. The number of nitrogens with one attached hydrogen (secondary N) is 1. The maximum absolute atomic E-state index is 13.1. The van der Waals surface area contributed by atoms with Gasteiger partial charge < -0.3 is 14.8 Å². The Balaban J connectivity index is 1.61. The summed E-state index contributed by atoms with van der Waals surface area (Å²) in [6.07, 6.45) is 0.163. The van der Waals surface area contributed by atoms with Crippen LogP contribution in [0.2, 0.25) is 0 Å². The summed E-state index contributed by atoms with van der Waals surface area (Å²) >= 11 is 4.82. The summed E-state index contributed by atoms with van der Waals surface area (Å²) in [6, 6.07) is 3.44. The quantitative estimate of drug-likeness (QED) is 0.516. The molecule has 0 radical (unpaired) electrons. The van der Waals surface area contributed by atoms with Crippen molar-refractivity contribution in [3.63, 3.8) is 0 Å². The zero-order chi connectivity index (χ0) is 22.3. The number of halogens is 4. The number of nitrogens with zero attached hydrogens (tertiary/aromatic N) is 4. The normalized spacial score (nSPS) is 13.5. The smallest absolute Gasteiger partial charge is 0.332 e. The van der Waals surface area contributed by atoms with Crippen LogP contribution < -0.4 is 9.80 Å². The molecule has 4 rings (SSSR count). The molecule has 1 aliphatic rings. The number of hydrogen-bond acceptors (Lipinski definition) is 5. The molecule has 0 saturated heterocycles. The van der Waals surface area contributed by atoms with E-state index in [0.717, 1.165) is 16.6 Å². The van der Waals surface area contributed by atoms with Crippen molar-refractivity contribution in [2.45, 2.75) is 6.18 Å². The number of thiophene rings is 1. The molecular formula is C20H15BrF3N5OS. The first kappa shape index (κ1) is 21.3. The first-order chi connectivity index (χ1) is 14.7. The number of alkyl halides is 3. The van der Waals surface area contributed by atoms with E-state index in [4.69, 9.17) is 0 Å². The summed E-state index contributed by atoms with van der Waals surface area (Å²) in [5.41, 5.74) is 1.33. The molecule has 6 nitrogen and oxygen atoms in total. The number of amides is 1. The van der Waals surface area contributed by atoms with Crippen LogP contribution in [0.3, 0.4) is 0 Å². The largest absolute Gasteiger partial charge is 0.416 e. The number of carbonyl (C=O) groups excluding carboxylic acids is 1. The van der Waals surface area contributed by atoms with E-state index >= 15 is 0 Å². The van der Waals surface area contributed by atoms with E-state index < -0.39 is 11.7 Å². The Hall–Kier alpha value is -2.92. The molecule has 1 aromatic carbocycles. The van der Waals surface area contributed by atoms with Gasteiger partial charge in [-0.25, -0.2) is 0 Å². The minimum Gasteiger partial charge on any atom is -0.332 e. The minimum absolute atomic E-state index is 0.0938. The van der Waals surface area contributed by atoms with Gasteiger partial charge in [0.2, 0.25) is 5.91 Å². The van der Waals surface area contributed by atoms with E-state index in [1.54, 1.807) is 24.1 Å². The third kappa shape index (κ3) is 4.02. The molecule has 0 bridgehead atoms. The fraction of sp³-hybridized carbons (Fsp3) is 0.150. The number of hydrogen-bond donors (Lipinski definition) is 1.